The second kappa shape index (κ2) is 7.56. The molecule has 1 atom stereocenters. The van der Waals surface area contributed by atoms with Gasteiger partial charge in [0, 0.05) is 12.0 Å². The lowest BCUT2D eigenvalue weighted by molar-refractivity contribution is 0.210. The molecule has 0 saturated heterocycles. The summed E-state index contributed by atoms with van der Waals surface area (Å²) in [6, 6.07) is 8.32. The number of nitrogens with zero attached hydrogens (tertiary/aromatic N) is 2. The third-order valence-corrected chi connectivity index (χ3v) is 4.60. The van der Waals surface area contributed by atoms with Crippen molar-refractivity contribution in [3.63, 3.8) is 0 Å². The monoisotopic (exact) mass is 343 g/mol. The quantitative estimate of drug-likeness (QED) is 0.834. The van der Waals surface area contributed by atoms with Crippen LogP contribution in [0.25, 0.3) is 0 Å². The largest absolute Gasteiger partial charge is 0.490 e. The lowest BCUT2D eigenvalue weighted by atomic mass is 9.96. The van der Waals surface area contributed by atoms with E-state index < -0.39 is 0 Å². The standard InChI is InChI=1S/C20H29N3O2/c1-14(18-22-19(23-25-18)20(2,3)4)21-13-15-8-7-11-17(12-15)24-16-9-5-6-10-16/h7-8,11-12,14,16,21H,5-6,9-10,13H2,1-4H3. The number of ether oxygens (including phenoxy) is 1. The highest BCUT2D eigenvalue weighted by molar-refractivity contribution is 5.28. The maximum atomic E-state index is 6.08. The van der Waals surface area contributed by atoms with Gasteiger partial charge >= 0.3 is 0 Å². The molecule has 1 fully saturated rings. The van der Waals surface area contributed by atoms with Crippen molar-refractivity contribution in [3.05, 3.63) is 41.5 Å². The van der Waals surface area contributed by atoms with Crippen LogP contribution in [0.4, 0.5) is 0 Å². The summed E-state index contributed by atoms with van der Waals surface area (Å²) in [5, 5.41) is 7.54. The molecule has 136 valence electrons. The van der Waals surface area contributed by atoms with E-state index in [1.54, 1.807) is 0 Å². The predicted molar refractivity (Wildman–Crippen MR) is 97.6 cm³/mol. The van der Waals surface area contributed by atoms with Crippen molar-refractivity contribution in [1.82, 2.24) is 15.5 Å². The summed E-state index contributed by atoms with van der Waals surface area (Å²) in [5.41, 5.74) is 1.09. The van der Waals surface area contributed by atoms with Crippen molar-refractivity contribution in [2.45, 2.75) is 77.5 Å². The van der Waals surface area contributed by atoms with E-state index in [2.05, 4.69) is 54.4 Å². The third kappa shape index (κ3) is 4.82. The molecule has 1 aromatic heterocycles. The molecular weight excluding hydrogens is 314 g/mol. The number of rotatable bonds is 6. The minimum Gasteiger partial charge on any atom is -0.490 e. The molecule has 1 unspecified atom stereocenters. The van der Waals surface area contributed by atoms with Crippen LogP contribution in [-0.4, -0.2) is 16.2 Å². The summed E-state index contributed by atoms with van der Waals surface area (Å²) in [7, 11) is 0. The average Bonchev–Trinajstić information content (AvgIpc) is 3.24. The van der Waals surface area contributed by atoms with Gasteiger partial charge in [-0.1, -0.05) is 38.1 Å². The van der Waals surface area contributed by atoms with Crippen LogP contribution in [0.15, 0.2) is 28.8 Å². The Morgan fingerprint density at radius 1 is 1.28 bits per heavy atom. The molecule has 5 heteroatoms. The molecule has 25 heavy (non-hydrogen) atoms. The zero-order valence-corrected chi connectivity index (χ0v) is 15.7. The molecule has 5 nitrogen and oxygen atoms in total. The summed E-state index contributed by atoms with van der Waals surface area (Å²) in [6.45, 7) is 9.01. The summed E-state index contributed by atoms with van der Waals surface area (Å²) in [4.78, 5) is 4.51. The molecule has 1 aromatic carbocycles. The fourth-order valence-corrected chi connectivity index (χ4v) is 3.00. The maximum absolute atomic E-state index is 6.08. The van der Waals surface area contributed by atoms with E-state index in [1.807, 2.05) is 13.0 Å². The van der Waals surface area contributed by atoms with Crippen LogP contribution in [0, 0.1) is 0 Å². The van der Waals surface area contributed by atoms with Gasteiger partial charge in [-0.15, -0.1) is 0 Å². The number of hydrogen-bond acceptors (Lipinski definition) is 5. The molecule has 0 aliphatic heterocycles. The third-order valence-electron chi connectivity index (χ3n) is 4.60. The Hall–Kier alpha value is -1.88. The molecule has 1 N–H and O–H groups in total. The zero-order valence-electron chi connectivity index (χ0n) is 15.7. The molecule has 1 aliphatic carbocycles. The summed E-state index contributed by atoms with van der Waals surface area (Å²) in [5.74, 6) is 2.33. The molecule has 1 heterocycles. The van der Waals surface area contributed by atoms with Crippen LogP contribution in [0.3, 0.4) is 0 Å². The van der Waals surface area contributed by atoms with E-state index in [1.165, 1.54) is 31.2 Å². The first-order valence-corrected chi connectivity index (χ1v) is 9.25. The predicted octanol–water partition coefficient (Wildman–Crippen LogP) is 4.54. The van der Waals surface area contributed by atoms with Crippen molar-refractivity contribution in [2.24, 2.45) is 0 Å². The fraction of sp³-hybridized carbons (Fsp3) is 0.600. The minimum absolute atomic E-state index is 0.00278. The molecular formula is C20H29N3O2. The van der Waals surface area contributed by atoms with E-state index in [4.69, 9.17) is 9.26 Å². The Bertz CT molecular complexity index is 684. The topological polar surface area (TPSA) is 60.2 Å². The van der Waals surface area contributed by atoms with Crippen LogP contribution in [-0.2, 0) is 12.0 Å². The fourth-order valence-electron chi connectivity index (χ4n) is 3.00. The summed E-state index contributed by atoms with van der Waals surface area (Å²) >= 11 is 0. The van der Waals surface area contributed by atoms with Gasteiger partial charge in [-0.2, -0.15) is 4.98 Å². The van der Waals surface area contributed by atoms with E-state index in [0.717, 1.165) is 18.1 Å². The number of nitrogens with one attached hydrogen (secondary N) is 1. The van der Waals surface area contributed by atoms with Gasteiger partial charge in [0.05, 0.1) is 12.1 Å². The Balaban J connectivity index is 1.56. The summed E-state index contributed by atoms with van der Waals surface area (Å²) in [6.07, 6.45) is 5.30. The molecule has 2 aromatic rings. The van der Waals surface area contributed by atoms with Gasteiger partial charge in [-0.3, -0.25) is 0 Å². The van der Waals surface area contributed by atoms with Gasteiger partial charge < -0.3 is 14.6 Å². The van der Waals surface area contributed by atoms with Crippen LogP contribution in [0.2, 0.25) is 0 Å². The molecule has 3 rings (SSSR count). The summed E-state index contributed by atoms with van der Waals surface area (Å²) < 4.78 is 11.5. The Morgan fingerprint density at radius 3 is 2.72 bits per heavy atom. The van der Waals surface area contributed by atoms with Crippen molar-refractivity contribution in [2.75, 3.05) is 0 Å². The first-order chi connectivity index (χ1) is 11.9. The van der Waals surface area contributed by atoms with Gasteiger partial charge in [0.2, 0.25) is 5.89 Å². The second-order valence-electron chi connectivity index (χ2n) is 7.98. The van der Waals surface area contributed by atoms with Gasteiger partial charge in [0.25, 0.3) is 0 Å². The van der Waals surface area contributed by atoms with E-state index in [0.29, 0.717) is 12.0 Å². The number of benzene rings is 1. The van der Waals surface area contributed by atoms with E-state index in [9.17, 15) is 0 Å². The normalized spacial score (nSPS) is 17.0. The molecule has 0 radical (unpaired) electrons. The van der Waals surface area contributed by atoms with Crippen LogP contribution in [0.5, 0.6) is 5.75 Å². The maximum Gasteiger partial charge on any atom is 0.243 e. The van der Waals surface area contributed by atoms with Crippen LogP contribution < -0.4 is 10.1 Å². The van der Waals surface area contributed by atoms with Crippen LogP contribution in [0.1, 0.15) is 76.7 Å². The van der Waals surface area contributed by atoms with Crippen LogP contribution >= 0.6 is 0 Å². The molecule has 1 aliphatic rings. The molecule has 0 spiro atoms. The zero-order chi connectivity index (χ0) is 17.9. The molecule has 0 bridgehead atoms. The number of aromatic nitrogens is 2. The lowest BCUT2D eigenvalue weighted by Gasteiger charge is -2.15. The highest BCUT2D eigenvalue weighted by Gasteiger charge is 2.23. The Morgan fingerprint density at radius 2 is 2.04 bits per heavy atom. The molecule has 1 saturated carbocycles. The Labute approximate surface area is 150 Å². The highest BCUT2D eigenvalue weighted by atomic mass is 16.5. The van der Waals surface area contributed by atoms with Crippen molar-refractivity contribution in [3.8, 4) is 5.75 Å². The van der Waals surface area contributed by atoms with Crippen molar-refractivity contribution in [1.29, 1.82) is 0 Å². The first-order valence-electron chi connectivity index (χ1n) is 9.25. The number of hydrogen-bond donors (Lipinski definition) is 1. The molecule has 0 amide bonds. The average molecular weight is 343 g/mol. The van der Waals surface area contributed by atoms with Gasteiger partial charge in [0.1, 0.15) is 5.75 Å². The minimum atomic E-state index is -0.104. The van der Waals surface area contributed by atoms with Gasteiger partial charge in [0.15, 0.2) is 5.82 Å². The van der Waals surface area contributed by atoms with E-state index >= 15 is 0 Å². The SMILES string of the molecule is CC(NCc1cccc(OC2CCCC2)c1)c1nc(C(C)(C)C)no1. The van der Waals surface area contributed by atoms with Gasteiger partial charge in [-0.25, -0.2) is 0 Å². The lowest BCUT2D eigenvalue weighted by Crippen LogP contribution is -2.19. The van der Waals surface area contributed by atoms with Gasteiger partial charge in [-0.05, 0) is 50.3 Å². The van der Waals surface area contributed by atoms with Crippen molar-refractivity contribution >= 4 is 0 Å². The smallest absolute Gasteiger partial charge is 0.243 e. The second-order valence-corrected chi connectivity index (χ2v) is 7.98. The highest BCUT2D eigenvalue weighted by Crippen LogP contribution is 2.25. The van der Waals surface area contributed by atoms with Crippen molar-refractivity contribution < 1.29 is 9.26 Å². The first kappa shape index (κ1) is 17.9. The van der Waals surface area contributed by atoms with E-state index in [-0.39, 0.29) is 11.5 Å². The Kier molecular flexibility index (Phi) is 5.42.